The van der Waals surface area contributed by atoms with Gasteiger partial charge in [-0.2, -0.15) is 4.98 Å². The van der Waals surface area contributed by atoms with E-state index in [-0.39, 0.29) is 0 Å². The third-order valence-electron chi connectivity index (χ3n) is 4.85. The van der Waals surface area contributed by atoms with Gasteiger partial charge in [-0.25, -0.2) is 4.98 Å². The summed E-state index contributed by atoms with van der Waals surface area (Å²) in [5.41, 5.74) is 2.24. The van der Waals surface area contributed by atoms with Crippen molar-refractivity contribution in [3.05, 3.63) is 42.2 Å². The van der Waals surface area contributed by atoms with Gasteiger partial charge in [-0.1, -0.05) is 11.2 Å². The van der Waals surface area contributed by atoms with Gasteiger partial charge < -0.3 is 9.42 Å². The van der Waals surface area contributed by atoms with Crippen molar-refractivity contribution in [2.75, 3.05) is 18.0 Å². The summed E-state index contributed by atoms with van der Waals surface area (Å²) in [7, 11) is 0. The predicted molar refractivity (Wildman–Crippen MR) is 91.5 cm³/mol. The molecule has 4 aromatic heterocycles. The summed E-state index contributed by atoms with van der Waals surface area (Å²) in [4.78, 5) is 11.0. The van der Waals surface area contributed by atoms with Crippen LogP contribution in [0.15, 0.2) is 35.2 Å². The van der Waals surface area contributed by atoms with Crippen LogP contribution in [-0.2, 0) is 0 Å². The number of aromatic nitrogens is 6. The predicted octanol–water partition coefficient (Wildman–Crippen LogP) is 2.35. The zero-order valence-corrected chi connectivity index (χ0v) is 13.8. The topological polar surface area (TPSA) is 85.2 Å². The lowest BCUT2D eigenvalue weighted by molar-refractivity contribution is 0.442. The van der Waals surface area contributed by atoms with Crippen LogP contribution in [0.2, 0.25) is 0 Å². The van der Waals surface area contributed by atoms with Crippen LogP contribution >= 0.6 is 0 Å². The Bertz CT molecular complexity index is 1050. The van der Waals surface area contributed by atoms with Crippen LogP contribution < -0.4 is 4.90 Å². The second kappa shape index (κ2) is 5.51. The van der Waals surface area contributed by atoms with Gasteiger partial charge >= 0.3 is 0 Å². The first kappa shape index (κ1) is 14.3. The molecule has 0 bridgehead atoms. The number of rotatable bonds is 2. The van der Waals surface area contributed by atoms with Crippen molar-refractivity contribution in [2.24, 2.45) is 0 Å². The van der Waals surface area contributed by atoms with Crippen molar-refractivity contribution < 1.29 is 4.52 Å². The summed E-state index contributed by atoms with van der Waals surface area (Å²) in [5.74, 6) is 2.20. The van der Waals surface area contributed by atoms with Crippen molar-refractivity contribution >= 4 is 22.6 Å². The molecule has 0 radical (unpaired) electrons. The van der Waals surface area contributed by atoms with Crippen molar-refractivity contribution in [3.8, 4) is 0 Å². The summed E-state index contributed by atoms with van der Waals surface area (Å²) in [6.45, 7) is 3.71. The number of piperidine rings is 1. The van der Waals surface area contributed by atoms with Crippen molar-refractivity contribution in [3.63, 3.8) is 0 Å². The van der Waals surface area contributed by atoms with Gasteiger partial charge in [0.25, 0.3) is 5.71 Å². The monoisotopic (exact) mass is 335 g/mol. The number of pyridine rings is 1. The molecule has 5 rings (SSSR count). The molecule has 1 atom stereocenters. The second-order valence-electron chi connectivity index (χ2n) is 6.42. The Morgan fingerprint density at radius 2 is 2.16 bits per heavy atom. The molecule has 1 aliphatic rings. The Morgan fingerprint density at radius 3 is 3.12 bits per heavy atom. The quantitative estimate of drug-likeness (QED) is 0.556. The SMILES string of the molecule is Cc1noc2ncnc(N3CCCC(c4nnc5ccccn45)C3)c12. The lowest BCUT2D eigenvalue weighted by atomic mass is 9.97. The molecule has 1 aliphatic heterocycles. The molecule has 1 unspecified atom stereocenters. The minimum atomic E-state index is 0.302. The maximum absolute atomic E-state index is 5.28. The minimum absolute atomic E-state index is 0.302. The maximum Gasteiger partial charge on any atom is 0.263 e. The Kier molecular flexibility index (Phi) is 3.16. The molecule has 4 aromatic rings. The van der Waals surface area contributed by atoms with E-state index in [1.807, 2.05) is 31.3 Å². The number of anilines is 1. The van der Waals surface area contributed by atoms with Gasteiger partial charge in [0.2, 0.25) is 0 Å². The van der Waals surface area contributed by atoms with Crippen LogP contribution in [0.1, 0.15) is 30.3 Å². The lowest BCUT2D eigenvalue weighted by Crippen LogP contribution is -2.35. The first-order valence-electron chi connectivity index (χ1n) is 8.43. The maximum atomic E-state index is 5.28. The normalized spacial score (nSPS) is 18.3. The summed E-state index contributed by atoms with van der Waals surface area (Å²) in [5, 5.41) is 13.7. The summed E-state index contributed by atoms with van der Waals surface area (Å²) < 4.78 is 7.36. The van der Waals surface area contributed by atoms with E-state index < -0.39 is 0 Å². The number of nitrogens with zero attached hydrogens (tertiary/aromatic N) is 7. The first-order chi connectivity index (χ1) is 12.3. The Morgan fingerprint density at radius 1 is 1.20 bits per heavy atom. The molecule has 0 amide bonds. The van der Waals surface area contributed by atoms with Crippen molar-refractivity contribution in [2.45, 2.75) is 25.7 Å². The fourth-order valence-corrected chi connectivity index (χ4v) is 3.66. The van der Waals surface area contributed by atoms with Gasteiger partial charge in [0.1, 0.15) is 23.4 Å². The van der Waals surface area contributed by atoms with Crippen LogP contribution in [0.25, 0.3) is 16.7 Å². The molecule has 8 nitrogen and oxygen atoms in total. The highest BCUT2D eigenvalue weighted by Crippen LogP contribution is 2.32. The van der Waals surface area contributed by atoms with E-state index in [2.05, 4.69) is 34.6 Å². The van der Waals surface area contributed by atoms with Crippen molar-refractivity contribution in [1.29, 1.82) is 0 Å². The number of hydrogen-bond acceptors (Lipinski definition) is 7. The van der Waals surface area contributed by atoms with Gasteiger partial charge in [0.15, 0.2) is 5.65 Å². The molecule has 126 valence electrons. The molecule has 1 fully saturated rings. The van der Waals surface area contributed by atoms with Crippen LogP contribution in [0, 0.1) is 6.92 Å². The molecule has 25 heavy (non-hydrogen) atoms. The Hall–Kier alpha value is -3.03. The van der Waals surface area contributed by atoms with E-state index in [1.54, 1.807) is 6.33 Å². The molecule has 5 heterocycles. The minimum Gasteiger partial charge on any atom is -0.355 e. The van der Waals surface area contributed by atoms with Crippen LogP contribution in [-0.4, -0.2) is 42.8 Å². The van der Waals surface area contributed by atoms with E-state index in [1.165, 1.54) is 0 Å². The van der Waals surface area contributed by atoms with Crippen molar-refractivity contribution in [1.82, 2.24) is 29.7 Å². The molecule has 0 saturated carbocycles. The average Bonchev–Trinajstić information content (AvgIpc) is 3.26. The summed E-state index contributed by atoms with van der Waals surface area (Å²) in [6.07, 6.45) is 5.72. The fraction of sp³-hybridized carbons (Fsp3) is 0.353. The number of hydrogen-bond donors (Lipinski definition) is 0. The summed E-state index contributed by atoms with van der Waals surface area (Å²) >= 11 is 0. The van der Waals surface area contributed by atoms with Gasteiger partial charge in [-0.05, 0) is 31.9 Å². The van der Waals surface area contributed by atoms with E-state index >= 15 is 0 Å². The van der Waals surface area contributed by atoms with Gasteiger partial charge in [0, 0.05) is 25.2 Å². The zero-order valence-electron chi connectivity index (χ0n) is 13.8. The first-order valence-corrected chi connectivity index (χ1v) is 8.43. The molecule has 0 aromatic carbocycles. The highest BCUT2D eigenvalue weighted by atomic mass is 16.5. The molecule has 8 heteroatoms. The lowest BCUT2D eigenvalue weighted by Gasteiger charge is -2.32. The molecule has 0 spiro atoms. The largest absolute Gasteiger partial charge is 0.355 e. The molecular formula is C17H17N7O. The van der Waals surface area contributed by atoms with Crippen LogP contribution in [0.5, 0.6) is 0 Å². The Balaban J connectivity index is 1.53. The average molecular weight is 335 g/mol. The smallest absolute Gasteiger partial charge is 0.263 e. The van der Waals surface area contributed by atoms with Crippen LogP contribution in [0.4, 0.5) is 5.82 Å². The second-order valence-corrected chi connectivity index (χ2v) is 6.42. The van der Waals surface area contributed by atoms with E-state index in [4.69, 9.17) is 4.52 Å². The van der Waals surface area contributed by atoms with Gasteiger partial charge in [-0.15, -0.1) is 10.2 Å². The Labute approximate surface area is 143 Å². The summed E-state index contributed by atoms with van der Waals surface area (Å²) in [6, 6.07) is 5.97. The third kappa shape index (κ3) is 2.25. The standard InChI is InChI=1S/C17H17N7O/c1-11-14-16(18-10-19-17(14)25-22-11)23-7-4-5-12(9-23)15-21-20-13-6-2-3-8-24(13)15/h2-3,6,8,10,12H,4-5,7,9H2,1H3. The molecule has 0 aliphatic carbocycles. The highest BCUT2D eigenvalue weighted by molar-refractivity contribution is 5.87. The molecular weight excluding hydrogens is 318 g/mol. The number of aryl methyl sites for hydroxylation is 1. The highest BCUT2D eigenvalue weighted by Gasteiger charge is 2.28. The van der Waals surface area contributed by atoms with E-state index in [9.17, 15) is 0 Å². The fourth-order valence-electron chi connectivity index (χ4n) is 3.66. The molecule has 1 saturated heterocycles. The third-order valence-corrected chi connectivity index (χ3v) is 4.85. The molecule has 0 N–H and O–H groups in total. The van der Waals surface area contributed by atoms with Gasteiger partial charge in [-0.3, -0.25) is 4.40 Å². The zero-order chi connectivity index (χ0) is 16.8. The van der Waals surface area contributed by atoms with Crippen LogP contribution in [0.3, 0.4) is 0 Å². The number of fused-ring (bicyclic) bond motifs is 2. The van der Waals surface area contributed by atoms with E-state index in [0.29, 0.717) is 11.6 Å². The van der Waals surface area contributed by atoms with Gasteiger partial charge in [0.05, 0.1) is 5.69 Å². The van der Waals surface area contributed by atoms with E-state index in [0.717, 1.165) is 54.3 Å².